The number of cyclic esters (lactones) is 1. The highest BCUT2D eigenvalue weighted by atomic mass is 16.6. The van der Waals surface area contributed by atoms with E-state index in [0.29, 0.717) is 12.5 Å². The Balaban J connectivity index is 1.75. The molecule has 15 heavy (non-hydrogen) atoms. The van der Waals surface area contributed by atoms with Gasteiger partial charge in [0, 0.05) is 19.1 Å². The summed E-state index contributed by atoms with van der Waals surface area (Å²) < 4.78 is 5.10. The Morgan fingerprint density at radius 2 is 2.53 bits per heavy atom. The van der Waals surface area contributed by atoms with Crippen LogP contribution in [0.5, 0.6) is 0 Å². The zero-order chi connectivity index (χ0) is 10.8. The molecule has 2 fully saturated rings. The number of hydrogen-bond donors (Lipinski definition) is 2. The summed E-state index contributed by atoms with van der Waals surface area (Å²) in [6.45, 7) is 5.64. The summed E-state index contributed by atoms with van der Waals surface area (Å²) in [6.07, 6.45) is 0.887. The van der Waals surface area contributed by atoms with Gasteiger partial charge in [0.05, 0.1) is 6.54 Å². The van der Waals surface area contributed by atoms with Crippen molar-refractivity contribution < 1.29 is 9.53 Å². The molecule has 5 heteroatoms. The molecule has 0 saturated carbocycles. The normalized spacial score (nSPS) is 33.9. The van der Waals surface area contributed by atoms with E-state index < -0.39 is 0 Å². The molecule has 5 nitrogen and oxygen atoms in total. The van der Waals surface area contributed by atoms with Crippen molar-refractivity contribution in [2.45, 2.75) is 25.5 Å². The number of ether oxygens (including phenoxy) is 1. The molecule has 1 amide bonds. The van der Waals surface area contributed by atoms with Gasteiger partial charge in [0.15, 0.2) is 0 Å². The lowest BCUT2D eigenvalue weighted by Gasteiger charge is -2.19. The summed E-state index contributed by atoms with van der Waals surface area (Å²) in [6, 6.07) is 0.263. The average Bonchev–Trinajstić information content (AvgIpc) is 2.76. The van der Waals surface area contributed by atoms with Crippen LogP contribution >= 0.6 is 0 Å². The van der Waals surface area contributed by atoms with Crippen LogP contribution in [0.2, 0.25) is 0 Å². The molecule has 86 valence electrons. The van der Waals surface area contributed by atoms with Crippen LogP contribution in [-0.2, 0) is 4.74 Å². The third-order valence-corrected chi connectivity index (χ3v) is 3.26. The zero-order valence-electron chi connectivity index (χ0n) is 9.11. The second kappa shape index (κ2) is 4.37. The molecular formula is C10H19N3O2. The summed E-state index contributed by atoms with van der Waals surface area (Å²) >= 11 is 0. The first-order valence-electron chi connectivity index (χ1n) is 5.57. The molecule has 2 rings (SSSR count). The minimum absolute atomic E-state index is 0.0179. The lowest BCUT2D eigenvalue weighted by Crippen LogP contribution is -2.35. The van der Waals surface area contributed by atoms with E-state index in [0.717, 1.165) is 26.1 Å². The number of likely N-dealkylation sites (tertiary alicyclic amines) is 1. The highest BCUT2D eigenvalue weighted by Crippen LogP contribution is 2.19. The number of nitrogens with one attached hydrogen (secondary N) is 1. The van der Waals surface area contributed by atoms with Gasteiger partial charge in [0.25, 0.3) is 0 Å². The van der Waals surface area contributed by atoms with Crippen molar-refractivity contribution in [3.63, 3.8) is 0 Å². The number of carbonyl (C=O) groups is 1. The first-order valence-corrected chi connectivity index (χ1v) is 5.57. The SMILES string of the molecule is CC(N)C1CCN(CC2CNC(=O)O2)C1. The van der Waals surface area contributed by atoms with Crippen molar-refractivity contribution >= 4 is 6.09 Å². The number of nitrogens with two attached hydrogens (primary N) is 1. The van der Waals surface area contributed by atoms with Crippen LogP contribution in [0, 0.1) is 5.92 Å². The summed E-state index contributed by atoms with van der Waals surface area (Å²) in [5, 5.41) is 2.67. The second-order valence-corrected chi connectivity index (χ2v) is 4.58. The van der Waals surface area contributed by atoms with Crippen molar-refractivity contribution in [3.05, 3.63) is 0 Å². The van der Waals surface area contributed by atoms with E-state index in [1.54, 1.807) is 0 Å². The molecule has 0 aliphatic carbocycles. The van der Waals surface area contributed by atoms with E-state index in [1.165, 1.54) is 0 Å². The van der Waals surface area contributed by atoms with Crippen LogP contribution in [0.3, 0.4) is 0 Å². The van der Waals surface area contributed by atoms with Gasteiger partial charge in [-0.15, -0.1) is 0 Å². The largest absolute Gasteiger partial charge is 0.443 e. The number of nitrogens with zero attached hydrogens (tertiary/aromatic N) is 1. The van der Waals surface area contributed by atoms with Gasteiger partial charge in [-0.2, -0.15) is 0 Å². The molecule has 0 bridgehead atoms. The van der Waals surface area contributed by atoms with Crippen LogP contribution in [0.25, 0.3) is 0 Å². The third kappa shape index (κ3) is 2.60. The monoisotopic (exact) mass is 213 g/mol. The molecule has 0 aromatic heterocycles. The van der Waals surface area contributed by atoms with Crippen molar-refractivity contribution in [2.75, 3.05) is 26.2 Å². The van der Waals surface area contributed by atoms with E-state index in [-0.39, 0.29) is 18.2 Å². The van der Waals surface area contributed by atoms with Gasteiger partial charge in [-0.1, -0.05) is 0 Å². The quantitative estimate of drug-likeness (QED) is 0.679. The van der Waals surface area contributed by atoms with Crippen LogP contribution in [0.1, 0.15) is 13.3 Å². The Morgan fingerprint density at radius 3 is 3.07 bits per heavy atom. The number of alkyl carbamates (subject to hydrolysis) is 1. The number of amides is 1. The van der Waals surface area contributed by atoms with Crippen LogP contribution < -0.4 is 11.1 Å². The first kappa shape index (κ1) is 10.7. The maximum absolute atomic E-state index is 10.8. The fraction of sp³-hybridized carbons (Fsp3) is 0.900. The molecule has 3 unspecified atom stereocenters. The molecule has 0 radical (unpaired) electrons. The molecule has 0 aromatic rings. The molecule has 3 atom stereocenters. The van der Waals surface area contributed by atoms with Crippen molar-refractivity contribution in [1.82, 2.24) is 10.2 Å². The number of carbonyl (C=O) groups excluding carboxylic acids is 1. The Hall–Kier alpha value is -0.810. The molecule has 2 aliphatic rings. The number of rotatable bonds is 3. The Bertz CT molecular complexity index is 245. The minimum Gasteiger partial charge on any atom is -0.443 e. The van der Waals surface area contributed by atoms with Crippen molar-refractivity contribution in [2.24, 2.45) is 11.7 Å². The van der Waals surface area contributed by atoms with Gasteiger partial charge in [-0.05, 0) is 25.8 Å². The molecule has 3 N–H and O–H groups in total. The van der Waals surface area contributed by atoms with Gasteiger partial charge < -0.3 is 15.8 Å². The molecular weight excluding hydrogens is 194 g/mol. The van der Waals surface area contributed by atoms with E-state index in [9.17, 15) is 4.79 Å². The van der Waals surface area contributed by atoms with Crippen LogP contribution in [0.15, 0.2) is 0 Å². The molecule has 2 saturated heterocycles. The van der Waals surface area contributed by atoms with E-state index in [1.807, 2.05) is 0 Å². The molecule has 0 aromatic carbocycles. The smallest absolute Gasteiger partial charge is 0.407 e. The van der Waals surface area contributed by atoms with Gasteiger partial charge in [-0.3, -0.25) is 4.90 Å². The van der Waals surface area contributed by atoms with Crippen LogP contribution in [0.4, 0.5) is 4.79 Å². The molecule has 2 aliphatic heterocycles. The summed E-state index contributed by atoms with van der Waals surface area (Å²) in [5.74, 6) is 0.593. The Kier molecular flexibility index (Phi) is 3.11. The van der Waals surface area contributed by atoms with Gasteiger partial charge in [0.2, 0.25) is 0 Å². The van der Waals surface area contributed by atoms with Gasteiger partial charge >= 0.3 is 6.09 Å². The molecule has 0 spiro atoms. The maximum Gasteiger partial charge on any atom is 0.407 e. The third-order valence-electron chi connectivity index (χ3n) is 3.26. The van der Waals surface area contributed by atoms with E-state index in [4.69, 9.17) is 10.5 Å². The fourth-order valence-corrected chi connectivity index (χ4v) is 2.28. The van der Waals surface area contributed by atoms with Crippen molar-refractivity contribution in [1.29, 1.82) is 0 Å². The maximum atomic E-state index is 10.8. The van der Waals surface area contributed by atoms with Crippen molar-refractivity contribution in [3.8, 4) is 0 Å². The summed E-state index contributed by atoms with van der Waals surface area (Å²) in [5.41, 5.74) is 5.87. The molecule has 2 heterocycles. The Labute approximate surface area is 89.9 Å². The highest BCUT2D eigenvalue weighted by Gasteiger charge is 2.30. The lowest BCUT2D eigenvalue weighted by atomic mass is 10.0. The standard InChI is InChI=1S/C10H19N3O2/c1-7(11)8-2-3-13(5-8)6-9-4-12-10(14)15-9/h7-9H,2-6,11H2,1H3,(H,12,14). The first-order chi connectivity index (χ1) is 7.15. The van der Waals surface area contributed by atoms with E-state index in [2.05, 4.69) is 17.1 Å². The average molecular weight is 213 g/mol. The fourth-order valence-electron chi connectivity index (χ4n) is 2.28. The highest BCUT2D eigenvalue weighted by molar-refractivity contribution is 5.69. The van der Waals surface area contributed by atoms with Gasteiger partial charge in [-0.25, -0.2) is 4.79 Å². The van der Waals surface area contributed by atoms with E-state index >= 15 is 0 Å². The zero-order valence-corrected chi connectivity index (χ0v) is 9.11. The Morgan fingerprint density at radius 1 is 1.73 bits per heavy atom. The summed E-state index contributed by atoms with van der Waals surface area (Å²) in [4.78, 5) is 13.2. The number of hydrogen-bond acceptors (Lipinski definition) is 4. The predicted octanol–water partition coefficient (Wildman–Crippen LogP) is -0.236. The predicted molar refractivity (Wildman–Crippen MR) is 56.5 cm³/mol. The summed E-state index contributed by atoms with van der Waals surface area (Å²) in [7, 11) is 0. The minimum atomic E-state index is -0.289. The lowest BCUT2D eigenvalue weighted by molar-refractivity contribution is 0.115. The topological polar surface area (TPSA) is 67.6 Å². The van der Waals surface area contributed by atoms with Crippen LogP contribution in [-0.4, -0.2) is 49.3 Å². The second-order valence-electron chi connectivity index (χ2n) is 4.58. The van der Waals surface area contributed by atoms with Gasteiger partial charge in [0.1, 0.15) is 6.10 Å².